The van der Waals surface area contributed by atoms with Crippen molar-refractivity contribution in [2.75, 3.05) is 6.54 Å². The quantitative estimate of drug-likeness (QED) is 0.239. The third-order valence-corrected chi connectivity index (χ3v) is 3.18. The van der Waals surface area contributed by atoms with E-state index in [1.807, 2.05) is 0 Å². The summed E-state index contributed by atoms with van der Waals surface area (Å²) in [5, 5.41) is 15.8. The van der Waals surface area contributed by atoms with Gasteiger partial charge in [-0.2, -0.15) is 0 Å². The molecule has 0 aliphatic carbocycles. The molecule has 3 unspecified atom stereocenters. The van der Waals surface area contributed by atoms with Gasteiger partial charge in [0.05, 0.1) is 19.0 Å². The van der Waals surface area contributed by atoms with Crippen molar-refractivity contribution in [3.8, 4) is 0 Å². The van der Waals surface area contributed by atoms with Crippen molar-refractivity contribution in [2.24, 2.45) is 17.4 Å². The van der Waals surface area contributed by atoms with Crippen molar-refractivity contribution in [2.45, 2.75) is 45.3 Å². The van der Waals surface area contributed by atoms with Crippen molar-refractivity contribution in [3.05, 3.63) is 0 Å². The number of carboxylic acids is 1. The monoisotopic (exact) mass is 359 g/mol. The minimum atomic E-state index is -1.18. The maximum atomic E-state index is 11.8. The molecule has 0 saturated carbocycles. The Balaban J connectivity index is 4.40. The molecule has 0 fully saturated rings. The molecule has 11 nitrogen and oxygen atoms in total. The Kier molecular flexibility index (Phi) is 9.13. The van der Waals surface area contributed by atoms with E-state index < -0.39 is 54.3 Å². The number of nitrogens with one attached hydrogen (secondary N) is 3. The predicted octanol–water partition coefficient (Wildman–Crippen LogP) is -2.96. The van der Waals surface area contributed by atoms with Crippen LogP contribution in [0.1, 0.15) is 27.2 Å². The molecule has 0 aromatic carbocycles. The van der Waals surface area contributed by atoms with E-state index in [-0.39, 0.29) is 12.3 Å². The Morgan fingerprint density at radius 3 is 2.00 bits per heavy atom. The number of nitrogens with two attached hydrogens (primary N) is 2. The second-order valence-corrected chi connectivity index (χ2v) is 5.85. The molecule has 0 saturated heterocycles. The lowest BCUT2D eigenvalue weighted by atomic mass is 10.1. The maximum absolute atomic E-state index is 11.8. The van der Waals surface area contributed by atoms with Gasteiger partial charge in [-0.05, 0) is 12.8 Å². The van der Waals surface area contributed by atoms with E-state index in [1.165, 1.54) is 6.92 Å². The summed E-state index contributed by atoms with van der Waals surface area (Å²) in [5.74, 6) is -4.36. The van der Waals surface area contributed by atoms with Gasteiger partial charge in [0, 0.05) is 0 Å². The number of aliphatic carboxylic acids is 1. The number of primary amides is 1. The van der Waals surface area contributed by atoms with Gasteiger partial charge in [0.15, 0.2) is 0 Å². The largest absolute Gasteiger partial charge is 0.480 e. The van der Waals surface area contributed by atoms with E-state index in [4.69, 9.17) is 16.6 Å². The highest BCUT2D eigenvalue weighted by Crippen LogP contribution is 2.01. The molecule has 0 spiro atoms. The molecule has 0 heterocycles. The van der Waals surface area contributed by atoms with Gasteiger partial charge in [-0.3, -0.25) is 19.2 Å². The van der Waals surface area contributed by atoms with E-state index in [0.29, 0.717) is 0 Å². The number of hydrogen-bond donors (Lipinski definition) is 6. The molecule has 0 rings (SSSR count). The van der Waals surface area contributed by atoms with Crippen molar-refractivity contribution < 1.29 is 29.1 Å². The molecular formula is C14H25N5O6. The molecule has 0 aliphatic rings. The fraction of sp³-hybridized carbons (Fsp3) is 0.643. The molecule has 0 radical (unpaired) electrons. The Labute approximate surface area is 144 Å². The van der Waals surface area contributed by atoms with Gasteiger partial charge < -0.3 is 32.5 Å². The summed E-state index contributed by atoms with van der Waals surface area (Å²) in [6.07, 6.45) is -0.367. The average molecular weight is 359 g/mol. The van der Waals surface area contributed by atoms with E-state index in [0.717, 1.165) is 0 Å². The summed E-state index contributed by atoms with van der Waals surface area (Å²) in [6, 6.07) is -3.27. The summed E-state index contributed by atoms with van der Waals surface area (Å²) in [7, 11) is 0. The standard InChI is InChI=1S/C14H25N5O6/c1-6(2)11(14(24)25)19-10(21)5-17-12(22)7(3)18-13(23)8(15)4-9(16)20/h6-8,11H,4-5,15H2,1-3H3,(H2,16,20)(H,17,22)(H,18,23)(H,19,21)(H,24,25). The highest BCUT2D eigenvalue weighted by Gasteiger charge is 2.24. The lowest BCUT2D eigenvalue weighted by Crippen LogP contribution is -2.53. The van der Waals surface area contributed by atoms with E-state index in [9.17, 15) is 24.0 Å². The Morgan fingerprint density at radius 2 is 1.56 bits per heavy atom. The minimum Gasteiger partial charge on any atom is -0.480 e. The molecule has 25 heavy (non-hydrogen) atoms. The van der Waals surface area contributed by atoms with E-state index in [1.54, 1.807) is 13.8 Å². The van der Waals surface area contributed by atoms with Gasteiger partial charge >= 0.3 is 5.97 Å². The maximum Gasteiger partial charge on any atom is 0.326 e. The predicted molar refractivity (Wildman–Crippen MR) is 86.8 cm³/mol. The number of rotatable bonds is 10. The number of carbonyl (C=O) groups excluding carboxylic acids is 4. The van der Waals surface area contributed by atoms with Crippen LogP contribution in [0.2, 0.25) is 0 Å². The minimum absolute atomic E-state index is 0.331. The molecule has 3 atom stereocenters. The number of amides is 4. The summed E-state index contributed by atoms with van der Waals surface area (Å²) in [5.41, 5.74) is 10.4. The van der Waals surface area contributed by atoms with Crippen LogP contribution in [0, 0.1) is 5.92 Å². The molecule has 11 heteroatoms. The fourth-order valence-electron chi connectivity index (χ4n) is 1.75. The molecule has 8 N–H and O–H groups in total. The van der Waals surface area contributed by atoms with Gasteiger partial charge in [0.25, 0.3) is 0 Å². The zero-order valence-electron chi connectivity index (χ0n) is 14.4. The zero-order valence-corrected chi connectivity index (χ0v) is 14.4. The third kappa shape index (κ3) is 8.65. The van der Waals surface area contributed by atoms with Crippen LogP contribution in [0.5, 0.6) is 0 Å². The van der Waals surface area contributed by atoms with Crippen LogP contribution in [-0.4, -0.2) is 59.4 Å². The van der Waals surface area contributed by atoms with Gasteiger partial charge in [0.1, 0.15) is 12.1 Å². The summed E-state index contributed by atoms with van der Waals surface area (Å²) >= 11 is 0. The summed E-state index contributed by atoms with van der Waals surface area (Å²) in [4.78, 5) is 56.9. The van der Waals surface area contributed by atoms with Crippen LogP contribution in [0.25, 0.3) is 0 Å². The van der Waals surface area contributed by atoms with Crippen LogP contribution in [0.3, 0.4) is 0 Å². The molecule has 0 aromatic rings. The Hall–Kier alpha value is -2.69. The van der Waals surface area contributed by atoms with Crippen LogP contribution >= 0.6 is 0 Å². The van der Waals surface area contributed by atoms with Crippen LogP contribution in [0.15, 0.2) is 0 Å². The normalized spacial score (nSPS) is 14.1. The first-order valence-electron chi connectivity index (χ1n) is 7.59. The molecule has 0 aromatic heterocycles. The first-order valence-corrected chi connectivity index (χ1v) is 7.59. The van der Waals surface area contributed by atoms with Crippen LogP contribution in [-0.2, 0) is 24.0 Å². The average Bonchev–Trinajstić information content (AvgIpc) is 2.48. The number of hydrogen-bond acceptors (Lipinski definition) is 6. The van der Waals surface area contributed by atoms with Gasteiger partial charge in [-0.1, -0.05) is 13.8 Å². The van der Waals surface area contributed by atoms with Crippen molar-refractivity contribution in [1.29, 1.82) is 0 Å². The lowest BCUT2D eigenvalue weighted by Gasteiger charge is -2.19. The number of carbonyl (C=O) groups is 5. The second kappa shape index (κ2) is 10.2. The Morgan fingerprint density at radius 1 is 1.00 bits per heavy atom. The van der Waals surface area contributed by atoms with Crippen molar-refractivity contribution in [1.82, 2.24) is 16.0 Å². The Bertz CT molecular complexity index is 536. The lowest BCUT2D eigenvalue weighted by molar-refractivity contribution is -0.143. The van der Waals surface area contributed by atoms with Crippen molar-refractivity contribution in [3.63, 3.8) is 0 Å². The SMILES string of the molecule is CC(NC(=O)C(N)CC(N)=O)C(=O)NCC(=O)NC(C(=O)O)C(C)C. The van der Waals surface area contributed by atoms with Crippen molar-refractivity contribution >= 4 is 29.6 Å². The molecule has 0 bridgehead atoms. The summed E-state index contributed by atoms with van der Waals surface area (Å²) < 4.78 is 0. The van der Waals surface area contributed by atoms with E-state index in [2.05, 4.69) is 16.0 Å². The van der Waals surface area contributed by atoms with Gasteiger partial charge in [0.2, 0.25) is 23.6 Å². The summed E-state index contributed by atoms with van der Waals surface area (Å²) in [6.45, 7) is 4.16. The molecule has 4 amide bonds. The van der Waals surface area contributed by atoms with Crippen LogP contribution < -0.4 is 27.4 Å². The zero-order chi connectivity index (χ0) is 19.7. The first kappa shape index (κ1) is 22.3. The number of carboxylic acid groups (broad SMARTS) is 1. The fourth-order valence-corrected chi connectivity index (χ4v) is 1.75. The second-order valence-electron chi connectivity index (χ2n) is 5.85. The van der Waals surface area contributed by atoms with Gasteiger partial charge in [-0.25, -0.2) is 4.79 Å². The first-order chi connectivity index (χ1) is 11.5. The van der Waals surface area contributed by atoms with Gasteiger partial charge in [-0.15, -0.1) is 0 Å². The molecule has 0 aliphatic heterocycles. The third-order valence-electron chi connectivity index (χ3n) is 3.18. The topological polar surface area (TPSA) is 194 Å². The van der Waals surface area contributed by atoms with Crippen LogP contribution in [0.4, 0.5) is 0 Å². The molecule has 142 valence electrons. The smallest absolute Gasteiger partial charge is 0.326 e. The highest BCUT2D eigenvalue weighted by molar-refractivity contribution is 5.93. The highest BCUT2D eigenvalue weighted by atomic mass is 16.4. The van der Waals surface area contributed by atoms with E-state index >= 15 is 0 Å². The molecular weight excluding hydrogens is 334 g/mol.